The van der Waals surface area contributed by atoms with Crippen LogP contribution in [0.2, 0.25) is 0 Å². The number of carbonyl (C=O) groups is 3. The Labute approximate surface area is 295 Å². The van der Waals surface area contributed by atoms with E-state index >= 15 is 0 Å². The lowest BCUT2D eigenvalue weighted by Crippen LogP contribution is -2.20. The molecule has 0 saturated heterocycles. The number of allylic oxidation sites excluding steroid dienone is 2. The first-order chi connectivity index (χ1) is 24.6. The summed E-state index contributed by atoms with van der Waals surface area (Å²) in [6, 6.07) is 18.9. The first-order valence-electron chi connectivity index (χ1n) is 15.1. The number of aromatic hydroxyl groups is 2. The van der Waals surface area contributed by atoms with E-state index in [0.717, 1.165) is 12.2 Å². The maximum atomic E-state index is 12.9. The highest BCUT2D eigenvalue weighted by Gasteiger charge is 2.32. The summed E-state index contributed by atoms with van der Waals surface area (Å²) in [5.74, 6) is -2.10. The fourth-order valence-electron chi connectivity index (χ4n) is 5.62. The van der Waals surface area contributed by atoms with E-state index < -0.39 is 48.6 Å². The smallest absolute Gasteiger partial charge is 0.323 e. The summed E-state index contributed by atoms with van der Waals surface area (Å²) in [5.41, 5.74) is 0.919. The number of nitrogens with zero attached hydrogens (tertiary/aromatic N) is 2. The highest BCUT2D eigenvalue weighted by atomic mass is 32.2. The Balaban J connectivity index is 1.10. The molecule has 0 bridgehead atoms. The second-order valence-corrected chi connectivity index (χ2v) is 14.5. The maximum absolute atomic E-state index is 12.9. The highest BCUT2D eigenvalue weighted by Crippen LogP contribution is 2.37. The summed E-state index contributed by atoms with van der Waals surface area (Å²) < 4.78 is 66.5. The molecule has 0 spiro atoms. The molecule has 2 aliphatic carbocycles. The zero-order valence-corrected chi connectivity index (χ0v) is 28.0. The molecule has 6 rings (SSSR count). The van der Waals surface area contributed by atoms with E-state index in [1.807, 2.05) is 0 Å². The van der Waals surface area contributed by atoms with Crippen molar-refractivity contribution in [3.8, 4) is 11.5 Å². The number of hydrogen-bond donors (Lipinski definition) is 6. The summed E-state index contributed by atoms with van der Waals surface area (Å²) in [6.07, 6.45) is 4.75. The van der Waals surface area contributed by atoms with Crippen molar-refractivity contribution in [3.63, 3.8) is 0 Å². The van der Waals surface area contributed by atoms with Crippen molar-refractivity contribution in [2.75, 3.05) is 10.6 Å². The van der Waals surface area contributed by atoms with Gasteiger partial charge in [-0.25, -0.2) is 14.8 Å². The Morgan fingerprint density at radius 3 is 1.27 bits per heavy atom. The number of amides is 4. The number of carbonyl (C=O) groups excluding carboxylic acids is 3. The molecule has 6 N–H and O–H groups in total. The molecular weight excluding hydrogens is 717 g/mol. The molecule has 0 aromatic heterocycles. The second-order valence-electron chi connectivity index (χ2n) is 11.4. The minimum atomic E-state index is -4.54. The van der Waals surface area contributed by atoms with Crippen LogP contribution >= 0.6 is 0 Å². The van der Waals surface area contributed by atoms with E-state index in [9.17, 15) is 50.5 Å². The van der Waals surface area contributed by atoms with Crippen LogP contribution in [0.1, 0.15) is 53.5 Å². The molecule has 4 amide bonds. The molecule has 0 heterocycles. The molecule has 2 atom stereocenters. The standard InChI is InChI=1S/C35H26N4O11S2/c40-27-5-1-3-23-29(51(45,46)47)17-15-25(31(23)27)38-33(42)19-7-11-21(12-8-19)36-35(44)37-22-13-9-20(10-14-22)34(43)39-26-16-18-30(52(48,49)50)24-4-2-6-28(41)32(24)26/h1-18,29-30,40-41H,(H2,36,37,44)(H,45,46,47)(H,48,49,50). The first kappa shape index (κ1) is 35.6. The molecule has 4 aromatic carbocycles. The molecule has 0 aliphatic heterocycles. The fraction of sp³-hybridized carbons (Fsp3) is 0.0571. The first-order valence-corrected chi connectivity index (χ1v) is 18.1. The van der Waals surface area contributed by atoms with E-state index in [2.05, 4.69) is 20.6 Å². The number of phenolic OH excluding ortho intramolecular Hbond substituents is 2. The number of fused-ring (bicyclic) bond motifs is 2. The molecule has 264 valence electrons. The van der Waals surface area contributed by atoms with Crippen molar-refractivity contribution in [1.82, 2.24) is 0 Å². The summed E-state index contributed by atoms with van der Waals surface area (Å²) >= 11 is 0. The van der Waals surface area contributed by atoms with Gasteiger partial charge < -0.3 is 20.8 Å². The van der Waals surface area contributed by atoms with Crippen molar-refractivity contribution < 1.29 is 50.5 Å². The van der Waals surface area contributed by atoms with Crippen molar-refractivity contribution in [2.45, 2.75) is 10.5 Å². The summed E-state index contributed by atoms with van der Waals surface area (Å²) in [6.45, 7) is 0. The van der Waals surface area contributed by atoms with Crippen LogP contribution in [0.15, 0.2) is 119 Å². The molecule has 0 fully saturated rings. The zero-order valence-electron chi connectivity index (χ0n) is 26.4. The molecule has 17 heteroatoms. The van der Waals surface area contributed by atoms with Crippen molar-refractivity contribution >= 4 is 60.9 Å². The minimum Gasteiger partial charge on any atom is -0.507 e. The summed E-state index contributed by atoms with van der Waals surface area (Å²) in [7, 11) is -9.09. The summed E-state index contributed by atoms with van der Waals surface area (Å²) in [5, 5.41) is 23.1. The fourth-order valence-corrected chi connectivity index (χ4v) is 7.21. The number of aliphatic imine (C=N–C) groups is 2. The van der Waals surface area contributed by atoms with E-state index in [0.29, 0.717) is 11.4 Å². The van der Waals surface area contributed by atoms with Crippen LogP contribution in [0.4, 0.5) is 16.2 Å². The Kier molecular flexibility index (Phi) is 9.44. The van der Waals surface area contributed by atoms with Crippen LogP contribution in [-0.4, -0.2) is 65.4 Å². The topological polar surface area (TPSA) is 249 Å². The van der Waals surface area contributed by atoms with Gasteiger partial charge in [0.1, 0.15) is 22.0 Å². The van der Waals surface area contributed by atoms with Gasteiger partial charge in [0.25, 0.3) is 32.1 Å². The van der Waals surface area contributed by atoms with Crippen molar-refractivity contribution in [2.24, 2.45) is 9.98 Å². The van der Waals surface area contributed by atoms with E-state index in [1.165, 1.54) is 97.1 Å². The normalized spacial score (nSPS) is 18.0. The van der Waals surface area contributed by atoms with Gasteiger partial charge in [-0.15, -0.1) is 0 Å². The number of nitrogens with one attached hydrogen (secondary N) is 2. The van der Waals surface area contributed by atoms with Crippen LogP contribution in [0.5, 0.6) is 11.5 Å². The van der Waals surface area contributed by atoms with Gasteiger partial charge in [0, 0.05) is 33.6 Å². The Morgan fingerprint density at radius 1 is 0.558 bits per heavy atom. The Bertz CT molecular complexity index is 2320. The van der Waals surface area contributed by atoms with Crippen LogP contribution < -0.4 is 10.6 Å². The van der Waals surface area contributed by atoms with Crippen LogP contribution in [0.25, 0.3) is 0 Å². The van der Waals surface area contributed by atoms with Gasteiger partial charge in [-0.3, -0.25) is 18.7 Å². The van der Waals surface area contributed by atoms with Gasteiger partial charge in [-0.2, -0.15) is 16.8 Å². The van der Waals surface area contributed by atoms with Gasteiger partial charge in [0.2, 0.25) is 0 Å². The van der Waals surface area contributed by atoms with E-state index in [4.69, 9.17) is 0 Å². The van der Waals surface area contributed by atoms with Crippen molar-refractivity contribution in [3.05, 3.63) is 143 Å². The zero-order chi connectivity index (χ0) is 37.4. The SMILES string of the molecule is O=C(Nc1ccc(C(=O)N=C2C=CC(S(=O)(=O)O)c3cccc(O)c32)cc1)Nc1ccc(C(=O)N=C2C=CC(S(=O)(=O)O)c3cccc(O)c32)cc1. The van der Waals surface area contributed by atoms with Gasteiger partial charge in [0.15, 0.2) is 0 Å². The monoisotopic (exact) mass is 742 g/mol. The van der Waals surface area contributed by atoms with Crippen LogP contribution in [-0.2, 0) is 20.2 Å². The van der Waals surface area contributed by atoms with Gasteiger partial charge in [-0.1, -0.05) is 36.4 Å². The maximum Gasteiger partial charge on any atom is 0.323 e. The van der Waals surface area contributed by atoms with Gasteiger partial charge in [0.05, 0.1) is 11.4 Å². The number of benzene rings is 4. The summed E-state index contributed by atoms with van der Waals surface area (Å²) in [4.78, 5) is 46.6. The second kappa shape index (κ2) is 13.8. The molecule has 4 aromatic rings. The highest BCUT2D eigenvalue weighted by molar-refractivity contribution is 7.86. The lowest BCUT2D eigenvalue weighted by molar-refractivity contribution is 0.0994. The Hall–Kier alpha value is -6.27. The molecule has 0 radical (unpaired) electrons. The minimum absolute atomic E-state index is 0.00879. The average Bonchev–Trinajstić information content (AvgIpc) is 3.08. The molecule has 2 unspecified atom stereocenters. The predicted molar refractivity (Wildman–Crippen MR) is 190 cm³/mol. The molecule has 52 heavy (non-hydrogen) atoms. The predicted octanol–water partition coefficient (Wildman–Crippen LogP) is 5.00. The third-order valence-corrected chi connectivity index (χ3v) is 10.1. The average molecular weight is 743 g/mol. The molecule has 2 aliphatic rings. The number of hydrogen-bond acceptors (Lipinski definition) is 9. The number of urea groups is 1. The third kappa shape index (κ3) is 7.42. The van der Waals surface area contributed by atoms with Crippen LogP contribution in [0.3, 0.4) is 0 Å². The van der Waals surface area contributed by atoms with E-state index in [1.54, 1.807) is 0 Å². The lowest BCUT2D eigenvalue weighted by atomic mass is 9.94. The van der Waals surface area contributed by atoms with Crippen LogP contribution in [0, 0.1) is 0 Å². The molecule has 0 saturated carbocycles. The quantitative estimate of drug-likeness (QED) is 0.143. The van der Waals surface area contributed by atoms with Gasteiger partial charge in [-0.05, 0) is 83.9 Å². The number of anilines is 2. The largest absolute Gasteiger partial charge is 0.507 e. The van der Waals surface area contributed by atoms with E-state index in [-0.39, 0.29) is 56.3 Å². The molecular formula is C35H26N4O11S2. The third-order valence-electron chi connectivity index (χ3n) is 8.00. The number of phenols is 2. The Morgan fingerprint density at radius 2 is 0.923 bits per heavy atom. The van der Waals surface area contributed by atoms with Gasteiger partial charge >= 0.3 is 6.03 Å². The number of rotatable bonds is 6. The lowest BCUT2D eigenvalue weighted by Gasteiger charge is -2.20. The molecule has 15 nitrogen and oxygen atoms in total. The van der Waals surface area contributed by atoms with Crippen molar-refractivity contribution in [1.29, 1.82) is 0 Å².